The third kappa shape index (κ3) is 6.14. The average Bonchev–Trinajstić information content (AvgIpc) is 2.85. The third-order valence-corrected chi connectivity index (χ3v) is 10.9. The minimum absolute atomic E-state index is 0.0334. The highest BCUT2D eigenvalue weighted by Gasteiger charge is 2.50. The predicted molar refractivity (Wildman–Crippen MR) is 139 cm³/mol. The number of benzene rings is 3. The molecular weight excluding hydrogens is 442 g/mol. The van der Waals surface area contributed by atoms with Gasteiger partial charge in [0.05, 0.1) is 32.0 Å². The van der Waals surface area contributed by atoms with E-state index in [1.165, 1.54) is 0 Å². The zero-order valence-electron chi connectivity index (χ0n) is 20.0. The van der Waals surface area contributed by atoms with Gasteiger partial charge in [0.15, 0.2) is 0 Å². The smallest absolute Gasteiger partial charge is 0.261 e. The minimum Gasteiger partial charge on any atom is -0.405 e. The maximum Gasteiger partial charge on any atom is 0.261 e. The van der Waals surface area contributed by atoms with Gasteiger partial charge in [-0.15, -0.1) is 0 Å². The monoisotopic (exact) mass is 475 g/mol. The summed E-state index contributed by atoms with van der Waals surface area (Å²) in [6, 6.07) is 29.5. The zero-order chi connectivity index (χ0) is 24.4. The van der Waals surface area contributed by atoms with E-state index in [0.717, 1.165) is 15.9 Å². The second-order valence-electron chi connectivity index (χ2n) is 9.31. The number of aliphatic hydroxyl groups excluding tert-OH is 1. The van der Waals surface area contributed by atoms with E-state index in [-0.39, 0.29) is 18.3 Å². The molecule has 0 heterocycles. The third-order valence-electron chi connectivity index (χ3n) is 5.93. The van der Waals surface area contributed by atoms with Crippen molar-refractivity contribution in [2.75, 3.05) is 13.2 Å². The van der Waals surface area contributed by atoms with E-state index in [0.29, 0.717) is 6.61 Å². The summed E-state index contributed by atoms with van der Waals surface area (Å²) in [7, 11) is -2.80. The first-order valence-corrected chi connectivity index (χ1v) is 13.4. The second kappa shape index (κ2) is 12.0. The van der Waals surface area contributed by atoms with Crippen LogP contribution in [0, 0.1) is 0 Å². The summed E-state index contributed by atoms with van der Waals surface area (Å²) in [5, 5.41) is 16.9. The first-order chi connectivity index (χ1) is 16.4. The van der Waals surface area contributed by atoms with Crippen molar-refractivity contribution in [3.05, 3.63) is 107 Å². The van der Waals surface area contributed by atoms with Crippen LogP contribution in [0.2, 0.25) is 5.04 Å². The number of azide groups is 1. The van der Waals surface area contributed by atoms with Gasteiger partial charge in [0, 0.05) is 4.91 Å². The van der Waals surface area contributed by atoms with Crippen LogP contribution in [0.25, 0.3) is 10.4 Å². The van der Waals surface area contributed by atoms with E-state index >= 15 is 0 Å². The molecule has 3 aromatic rings. The summed E-state index contributed by atoms with van der Waals surface area (Å²) in [6.45, 7) is 7.05. The van der Waals surface area contributed by atoms with Crippen molar-refractivity contribution < 1.29 is 14.3 Å². The molecule has 0 aliphatic rings. The summed E-state index contributed by atoms with van der Waals surface area (Å²) in [5.74, 6) is 0. The van der Waals surface area contributed by atoms with Gasteiger partial charge in [0.1, 0.15) is 0 Å². The molecule has 34 heavy (non-hydrogen) atoms. The molecular formula is C27H33N3O3Si. The standard InChI is InChI=1S/C27H33N3O3Si/c1-27(2,3)34(23-15-9-5-10-16-23,24-17-11-6-12-18-24)33-21-26(31)25(29-30-28)20-32-19-22-13-7-4-8-14-22/h4-18,25-26,31H,19-21H2,1-3H3/t25-,26-/m0/s1. The predicted octanol–water partition coefficient (Wildman–Crippen LogP) is 4.82. The Morgan fingerprint density at radius 1 is 0.853 bits per heavy atom. The van der Waals surface area contributed by atoms with E-state index in [1.54, 1.807) is 0 Å². The Kier molecular flexibility index (Phi) is 9.04. The Morgan fingerprint density at radius 2 is 1.35 bits per heavy atom. The van der Waals surface area contributed by atoms with E-state index in [9.17, 15) is 5.11 Å². The van der Waals surface area contributed by atoms with Crippen LogP contribution in [0.3, 0.4) is 0 Å². The van der Waals surface area contributed by atoms with Crippen molar-refractivity contribution in [2.45, 2.75) is 44.6 Å². The molecule has 1 N–H and O–H groups in total. The molecule has 0 saturated carbocycles. The molecule has 0 aromatic heterocycles. The van der Waals surface area contributed by atoms with Crippen LogP contribution in [0.5, 0.6) is 0 Å². The lowest BCUT2D eigenvalue weighted by Gasteiger charge is -2.43. The topological polar surface area (TPSA) is 87.5 Å². The van der Waals surface area contributed by atoms with Crippen LogP contribution < -0.4 is 10.4 Å². The molecule has 0 bridgehead atoms. The number of nitrogens with zero attached hydrogens (tertiary/aromatic N) is 3. The fourth-order valence-electron chi connectivity index (χ4n) is 4.24. The highest BCUT2D eigenvalue weighted by molar-refractivity contribution is 6.99. The first-order valence-electron chi connectivity index (χ1n) is 11.5. The molecule has 0 aliphatic carbocycles. The van der Waals surface area contributed by atoms with Gasteiger partial charge in [-0.3, -0.25) is 0 Å². The average molecular weight is 476 g/mol. The van der Waals surface area contributed by atoms with Crippen LogP contribution in [0.15, 0.2) is 96.1 Å². The Balaban J connectivity index is 1.82. The number of hydrogen-bond donors (Lipinski definition) is 1. The molecule has 3 rings (SSSR count). The summed E-state index contributed by atoms with van der Waals surface area (Å²) >= 11 is 0. The lowest BCUT2D eigenvalue weighted by molar-refractivity contribution is 0.0303. The molecule has 7 heteroatoms. The Hall–Kier alpha value is -2.93. The number of rotatable bonds is 11. The highest BCUT2D eigenvalue weighted by atomic mass is 28.4. The molecule has 0 unspecified atom stereocenters. The van der Waals surface area contributed by atoms with Gasteiger partial charge in [-0.05, 0) is 26.5 Å². The van der Waals surface area contributed by atoms with Crippen molar-refractivity contribution in [3.8, 4) is 0 Å². The maximum atomic E-state index is 11.0. The van der Waals surface area contributed by atoms with Crippen LogP contribution in [-0.2, 0) is 15.8 Å². The quantitative estimate of drug-likeness (QED) is 0.187. The molecule has 0 spiro atoms. The van der Waals surface area contributed by atoms with Crippen molar-refractivity contribution in [3.63, 3.8) is 0 Å². The fraction of sp³-hybridized carbons (Fsp3) is 0.333. The molecule has 0 saturated heterocycles. The SMILES string of the molecule is CC(C)(C)[Si](OC[C@H](O)[C@H](COCc1ccccc1)N=[N+]=[N-])(c1ccccc1)c1ccccc1. The zero-order valence-corrected chi connectivity index (χ0v) is 21.0. The van der Waals surface area contributed by atoms with Crippen molar-refractivity contribution in [2.24, 2.45) is 5.11 Å². The Labute approximate surface area is 202 Å². The van der Waals surface area contributed by atoms with Crippen molar-refractivity contribution in [1.82, 2.24) is 0 Å². The summed E-state index contributed by atoms with van der Waals surface area (Å²) in [6.07, 6.45) is -1.01. The first kappa shape index (κ1) is 25.7. The number of hydrogen-bond acceptors (Lipinski definition) is 4. The molecule has 6 nitrogen and oxygen atoms in total. The van der Waals surface area contributed by atoms with E-state index in [4.69, 9.17) is 14.7 Å². The lowest BCUT2D eigenvalue weighted by Crippen LogP contribution is -2.67. The van der Waals surface area contributed by atoms with E-state index in [1.807, 2.05) is 66.7 Å². The van der Waals surface area contributed by atoms with Gasteiger partial charge < -0.3 is 14.3 Å². The van der Waals surface area contributed by atoms with E-state index < -0.39 is 20.5 Å². The van der Waals surface area contributed by atoms with Crippen molar-refractivity contribution >= 4 is 18.7 Å². The van der Waals surface area contributed by atoms with Crippen LogP contribution in [0.1, 0.15) is 26.3 Å². The van der Waals surface area contributed by atoms with Crippen molar-refractivity contribution in [1.29, 1.82) is 0 Å². The van der Waals surface area contributed by atoms with Gasteiger partial charge in [0.25, 0.3) is 8.32 Å². The molecule has 3 aromatic carbocycles. The van der Waals surface area contributed by atoms with Gasteiger partial charge in [0.2, 0.25) is 0 Å². The normalized spacial score (nSPS) is 13.6. The van der Waals surface area contributed by atoms with Crippen LogP contribution >= 0.6 is 0 Å². The number of aliphatic hydroxyl groups is 1. The molecule has 178 valence electrons. The molecule has 0 aliphatic heterocycles. The van der Waals surface area contributed by atoms with Gasteiger partial charge in [-0.25, -0.2) is 0 Å². The van der Waals surface area contributed by atoms with Crippen LogP contribution in [0.4, 0.5) is 0 Å². The highest BCUT2D eigenvalue weighted by Crippen LogP contribution is 2.36. The van der Waals surface area contributed by atoms with Gasteiger partial charge in [-0.2, -0.15) is 0 Å². The largest absolute Gasteiger partial charge is 0.405 e. The van der Waals surface area contributed by atoms with E-state index in [2.05, 4.69) is 55.1 Å². The maximum absolute atomic E-state index is 11.0. The van der Waals surface area contributed by atoms with Gasteiger partial charge in [-0.1, -0.05) is 117 Å². The Morgan fingerprint density at radius 3 is 1.82 bits per heavy atom. The lowest BCUT2D eigenvalue weighted by atomic mass is 10.2. The molecule has 0 amide bonds. The molecule has 2 atom stereocenters. The van der Waals surface area contributed by atoms with Gasteiger partial charge >= 0.3 is 0 Å². The van der Waals surface area contributed by atoms with Crippen LogP contribution in [-0.4, -0.2) is 38.8 Å². The molecule has 0 fully saturated rings. The minimum atomic E-state index is -2.80. The second-order valence-corrected chi connectivity index (χ2v) is 13.6. The molecule has 0 radical (unpaired) electrons. The Bertz CT molecular complexity index is 1010. The fourth-order valence-corrected chi connectivity index (χ4v) is 8.82. The summed E-state index contributed by atoms with van der Waals surface area (Å²) in [5.41, 5.74) is 10.1. The number of ether oxygens (including phenoxy) is 1. The summed E-state index contributed by atoms with van der Waals surface area (Å²) in [4.78, 5) is 2.93. The summed E-state index contributed by atoms with van der Waals surface area (Å²) < 4.78 is 12.5.